The number of likely N-dealkylation sites (N-methyl/N-ethyl adjacent to an activating group) is 1. The van der Waals surface area contributed by atoms with Crippen LogP contribution >= 0.6 is 11.8 Å². The summed E-state index contributed by atoms with van der Waals surface area (Å²) in [4.78, 5) is 4.37. The van der Waals surface area contributed by atoms with Crippen LogP contribution in [0.15, 0.2) is 6.33 Å². The SMILES string of the molecule is CCNC(CCSC)Cc1ncnn1C(C)C. The molecule has 0 saturated heterocycles. The predicted molar refractivity (Wildman–Crippen MR) is 74.6 cm³/mol. The Morgan fingerprint density at radius 3 is 2.82 bits per heavy atom. The molecule has 0 fully saturated rings. The summed E-state index contributed by atoms with van der Waals surface area (Å²) >= 11 is 1.90. The third-order valence-corrected chi connectivity index (χ3v) is 3.37. The number of hydrogen-bond donors (Lipinski definition) is 1. The maximum absolute atomic E-state index is 4.37. The van der Waals surface area contributed by atoms with Crippen LogP contribution in [0.3, 0.4) is 0 Å². The molecule has 1 aromatic heterocycles. The number of aromatic nitrogens is 3. The van der Waals surface area contributed by atoms with Crippen molar-refractivity contribution in [2.45, 2.75) is 45.7 Å². The number of nitrogens with zero attached hydrogens (tertiary/aromatic N) is 3. The summed E-state index contributed by atoms with van der Waals surface area (Å²) in [7, 11) is 0. The Hall–Kier alpha value is -0.550. The van der Waals surface area contributed by atoms with Crippen molar-refractivity contribution < 1.29 is 0 Å². The molecule has 0 bridgehead atoms. The Balaban J connectivity index is 2.61. The van der Waals surface area contributed by atoms with Crippen molar-refractivity contribution >= 4 is 11.8 Å². The molecule has 0 aliphatic heterocycles. The summed E-state index contributed by atoms with van der Waals surface area (Å²) in [5.74, 6) is 2.28. The van der Waals surface area contributed by atoms with E-state index in [-0.39, 0.29) is 0 Å². The summed E-state index contributed by atoms with van der Waals surface area (Å²) in [5, 5.41) is 7.81. The van der Waals surface area contributed by atoms with E-state index >= 15 is 0 Å². The lowest BCUT2D eigenvalue weighted by atomic mass is 10.1. The fraction of sp³-hybridized carbons (Fsp3) is 0.833. The standard InChI is InChI=1S/C12H24N4S/c1-5-13-11(6-7-17-4)8-12-14-9-15-16(12)10(2)3/h9-11,13H,5-8H2,1-4H3. The van der Waals surface area contributed by atoms with Crippen molar-refractivity contribution in [3.63, 3.8) is 0 Å². The monoisotopic (exact) mass is 256 g/mol. The first-order chi connectivity index (χ1) is 8.19. The van der Waals surface area contributed by atoms with Gasteiger partial charge in [-0.3, -0.25) is 0 Å². The third kappa shape index (κ3) is 4.68. The van der Waals surface area contributed by atoms with E-state index < -0.39 is 0 Å². The second-order valence-electron chi connectivity index (χ2n) is 4.45. The highest BCUT2D eigenvalue weighted by Gasteiger charge is 2.14. The molecule has 0 spiro atoms. The van der Waals surface area contributed by atoms with Gasteiger partial charge in [0, 0.05) is 18.5 Å². The minimum atomic E-state index is 0.385. The van der Waals surface area contributed by atoms with Gasteiger partial charge in [0.1, 0.15) is 12.2 Å². The fourth-order valence-electron chi connectivity index (χ4n) is 1.90. The summed E-state index contributed by atoms with van der Waals surface area (Å²) < 4.78 is 2.02. The number of hydrogen-bond acceptors (Lipinski definition) is 4. The van der Waals surface area contributed by atoms with Gasteiger partial charge in [-0.15, -0.1) is 0 Å². The summed E-state index contributed by atoms with van der Waals surface area (Å²) in [6, 6.07) is 0.893. The molecule has 0 amide bonds. The lowest BCUT2D eigenvalue weighted by Gasteiger charge is -2.18. The van der Waals surface area contributed by atoms with E-state index in [1.807, 2.05) is 16.4 Å². The van der Waals surface area contributed by atoms with Gasteiger partial charge in [0.15, 0.2) is 0 Å². The van der Waals surface area contributed by atoms with Gasteiger partial charge in [-0.2, -0.15) is 16.9 Å². The minimum Gasteiger partial charge on any atom is -0.314 e. The number of thioether (sulfide) groups is 1. The lowest BCUT2D eigenvalue weighted by Crippen LogP contribution is -2.32. The van der Waals surface area contributed by atoms with E-state index in [1.54, 1.807) is 6.33 Å². The van der Waals surface area contributed by atoms with E-state index in [2.05, 4.69) is 42.4 Å². The highest BCUT2D eigenvalue weighted by atomic mass is 32.2. The Kier molecular flexibility index (Phi) is 6.58. The lowest BCUT2D eigenvalue weighted by molar-refractivity contribution is 0.455. The van der Waals surface area contributed by atoms with E-state index in [4.69, 9.17) is 0 Å². The number of nitrogens with one attached hydrogen (secondary N) is 1. The van der Waals surface area contributed by atoms with Gasteiger partial charge in [0.25, 0.3) is 0 Å². The van der Waals surface area contributed by atoms with Crippen molar-refractivity contribution in [2.75, 3.05) is 18.6 Å². The van der Waals surface area contributed by atoms with Crippen LogP contribution in [-0.4, -0.2) is 39.4 Å². The zero-order chi connectivity index (χ0) is 12.7. The maximum atomic E-state index is 4.37. The first-order valence-electron chi connectivity index (χ1n) is 6.29. The van der Waals surface area contributed by atoms with Crippen LogP contribution in [0.4, 0.5) is 0 Å². The van der Waals surface area contributed by atoms with Crippen LogP contribution < -0.4 is 5.32 Å². The highest BCUT2D eigenvalue weighted by Crippen LogP contribution is 2.10. The van der Waals surface area contributed by atoms with Crippen LogP contribution in [0, 0.1) is 0 Å². The molecule has 0 aromatic carbocycles. The quantitative estimate of drug-likeness (QED) is 0.774. The summed E-state index contributed by atoms with van der Waals surface area (Å²) in [6.45, 7) is 7.44. The van der Waals surface area contributed by atoms with Gasteiger partial charge in [-0.1, -0.05) is 6.92 Å². The second-order valence-corrected chi connectivity index (χ2v) is 5.44. The zero-order valence-electron chi connectivity index (χ0n) is 11.3. The molecule has 1 aromatic rings. The molecule has 5 heteroatoms. The molecule has 1 atom stereocenters. The average Bonchev–Trinajstić information content (AvgIpc) is 2.74. The van der Waals surface area contributed by atoms with Crippen molar-refractivity contribution in [3.8, 4) is 0 Å². The molecule has 1 heterocycles. The zero-order valence-corrected chi connectivity index (χ0v) is 12.1. The largest absolute Gasteiger partial charge is 0.314 e. The fourth-order valence-corrected chi connectivity index (χ4v) is 2.42. The molecule has 0 radical (unpaired) electrons. The molecule has 17 heavy (non-hydrogen) atoms. The smallest absolute Gasteiger partial charge is 0.138 e. The molecular weight excluding hydrogens is 232 g/mol. The Morgan fingerprint density at radius 1 is 1.47 bits per heavy atom. The molecule has 1 rings (SSSR count). The first kappa shape index (κ1) is 14.5. The maximum Gasteiger partial charge on any atom is 0.138 e. The van der Waals surface area contributed by atoms with Crippen LogP contribution in [0.2, 0.25) is 0 Å². The van der Waals surface area contributed by atoms with Gasteiger partial charge >= 0.3 is 0 Å². The van der Waals surface area contributed by atoms with Gasteiger partial charge in [0.2, 0.25) is 0 Å². The van der Waals surface area contributed by atoms with E-state index in [9.17, 15) is 0 Å². The van der Waals surface area contributed by atoms with Gasteiger partial charge < -0.3 is 5.32 Å². The van der Waals surface area contributed by atoms with Crippen molar-refractivity contribution in [3.05, 3.63) is 12.2 Å². The molecule has 0 aliphatic rings. The molecule has 1 N–H and O–H groups in total. The molecule has 0 aliphatic carbocycles. The third-order valence-electron chi connectivity index (χ3n) is 2.73. The van der Waals surface area contributed by atoms with Crippen LogP contribution in [0.5, 0.6) is 0 Å². The Morgan fingerprint density at radius 2 is 2.24 bits per heavy atom. The van der Waals surface area contributed by atoms with E-state index in [0.717, 1.165) is 18.8 Å². The highest BCUT2D eigenvalue weighted by molar-refractivity contribution is 7.98. The Bertz CT molecular complexity index is 311. The average molecular weight is 256 g/mol. The van der Waals surface area contributed by atoms with Crippen LogP contribution in [0.25, 0.3) is 0 Å². The first-order valence-corrected chi connectivity index (χ1v) is 7.69. The van der Waals surface area contributed by atoms with Crippen molar-refractivity contribution in [2.24, 2.45) is 0 Å². The van der Waals surface area contributed by atoms with Gasteiger partial charge in [-0.05, 0) is 38.8 Å². The summed E-state index contributed by atoms with van der Waals surface area (Å²) in [5.41, 5.74) is 0. The van der Waals surface area contributed by atoms with Crippen molar-refractivity contribution in [1.29, 1.82) is 0 Å². The second kappa shape index (κ2) is 7.71. The van der Waals surface area contributed by atoms with E-state index in [0.29, 0.717) is 12.1 Å². The Labute approximate surface area is 109 Å². The van der Waals surface area contributed by atoms with Gasteiger partial charge in [-0.25, -0.2) is 9.67 Å². The van der Waals surface area contributed by atoms with E-state index in [1.165, 1.54) is 12.2 Å². The normalized spacial score (nSPS) is 13.2. The molecule has 1 unspecified atom stereocenters. The minimum absolute atomic E-state index is 0.385. The molecular formula is C12H24N4S. The number of rotatable bonds is 8. The van der Waals surface area contributed by atoms with Crippen LogP contribution in [-0.2, 0) is 6.42 Å². The van der Waals surface area contributed by atoms with Crippen molar-refractivity contribution in [1.82, 2.24) is 20.1 Å². The van der Waals surface area contributed by atoms with Crippen LogP contribution in [0.1, 0.15) is 39.1 Å². The molecule has 98 valence electrons. The topological polar surface area (TPSA) is 42.7 Å². The molecule has 4 nitrogen and oxygen atoms in total. The van der Waals surface area contributed by atoms with Gasteiger partial charge in [0.05, 0.1) is 0 Å². The molecule has 0 saturated carbocycles. The summed E-state index contributed by atoms with van der Waals surface area (Å²) in [6.07, 6.45) is 5.96. The predicted octanol–water partition coefficient (Wildman–Crippen LogP) is 2.13.